The average Bonchev–Trinajstić information content (AvgIpc) is 2.66. The zero-order valence-electron chi connectivity index (χ0n) is 17.5. The Morgan fingerprint density at radius 1 is 0.760 bits per heavy atom. The van der Waals surface area contributed by atoms with E-state index in [1.165, 1.54) is 116 Å². The highest BCUT2D eigenvalue weighted by Gasteiger charge is 2.14. The molecule has 1 fully saturated rings. The molecule has 0 bridgehead atoms. The molecule has 0 radical (unpaired) electrons. The Morgan fingerprint density at radius 2 is 1.32 bits per heavy atom. The van der Waals surface area contributed by atoms with Crippen LogP contribution in [0.15, 0.2) is 0 Å². The highest BCUT2D eigenvalue weighted by atomic mass is 14.9. The summed E-state index contributed by atoms with van der Waals surface area (Å²) >= 11 is 0. The van der Waals surface area contributed by atoms with Gasteiger partial charge in [-0.25, -0.2) is 0 Å². The average molecular weight is 353 g/mol. The van der Waals surface area contributed by atoms with Gasteiger partial charge in [0.2, 0.25) is 0 Å². The minimum Gasteiger partial charge on any atom is -0.328 e. The van der Waals surface area contributed by atoms with Gasteiger partial charge in [0.05, 0.1) is 0 Å². The second-order valence-corrected chi connectivity index (χ2v) is 8.56. The summed E-state index contributed by atoms with van der Waals surface area (Å²) in [5.74, 6) is 0. The molecule has 0 spiro atoms. The topological polar surface area (TPSA) is 38.0 Å². The summed E-state index contributed by atoms with van der Waals surface area (Å²) < 4.78 is 0. The first-order chi connectivity index (χ1) is 12.3. The van der Waals surface area contributed by atoms with Gasteiger partial charge < -0.3 is 11.1 Å². The molecule has 1 saturated carbocycles. The third kappa shape index (κ3) is 12.8. The molecule has 2 unspecified atom stereocenters. The molecule has 0 aromatic rings. The van der Waals surface area contributed by atoms with E-state index in [2.05, 4.69) is 19.2 Å². The van der Waals surface area contributed by atoms with Crippen molar-refractivity contribution in [2.45, 2.75) is 148 Å². The number of hydrogen-bond donors (Lipinski definition) is 2. The van der Waals surface area contributed by atoms with Gasteiger partial charge in [-0.05, 0) is 38.5 Å². The SMILES string of the molecule is CCCC(N)CCCCCC(CC)NC1CCCCCCCCCC1. The van der Waals surface area contributed by atoms with Gasteiger partial charge in [0, 0.05) is 18.1 Å². The van der Waals surface area contributed by atoms with Crippen molar-refractivity contribution in [2.75, 3.05) is 0 Å². The van der Waals surface area contributed by atoms with E-state index in [4.69, 9.17) is 5.73 Å². The van der Waals surface area contributed by atoms with Gasteiger partial charge >= 0.3 is 0 Å². The Balaban J connectivity index is 2.20. The van der Waals surface area contributed by atoms with Crippen LogP contribution >= 0.6 is 0 Å². The molecule has 1 aliphatic rings. The summed E-state index contributed by atoms with van der Waals surface area (Å²) in [6.07, 6.45) is 24.8. The maximum atomic E-state index is 6.13. The number of rotatable bonds is 11. The van der Waals surface area contributed by atoms with E-state index in [0.29, 0.717) is 6.04 Å². The molecule has 2 heteroatoms. The number of nitrogens with two attached hydrogens (primary N) is 1. The van der Waals surface area contributed by atoms with E-state index in [0.717, 1.165) is 12.1 Å². The molecule has 1 rings (SSSR count). The summed E-state index contributed by atoms with van der Waals surface area (Å²) in [4.78, 5) is 0. The van der Waals surface area contributed by atoms with E-state index >= 15 is 0 Å². The summed E-state index contributed by atoms with van der Waals surface area (Å²) in [7, 11) is 0. The summed E-state index contributed by atoms with van der Waals surface area (Å²) in [5, 5.41) is 4.04. The molecule has 25 heavy (non-hydrogen) atoms. The highest BCUT2D eigenvalue weighted by Crippen LogP contribution is 2.19. The molecule has 0 saturated heterocycles. The van der Waals surface area contributed by atoms with E-state index in [1.54, 1.807) is 0 Å². The zero-order valence-corrected chi connectivity index (χ0v) is 17.5. The van der Waals surface area contributed by atoms with Gasteiger partial charge in [0.25, 0.3) is 0 Å². The maximum absolute atomic E-state index is 6.13. The quantitative estimate of drug-likeness (QED) is 0.405. The first-order valence-electron chi connectivity index (χ1n) is 11.8. The molecular weight excluding hydrogens is 304 g/mol. The van der Waals surface area contributed by atoms with Crippen molar-refractivity contribution in [1.29, 1.82) is 0 Å². The van der Waals surface area contributed by atoms with Crippen LogP contribution in [-0.2, 0) is 0 Å². The molecule has 3 N–H and O–H groups in total. The van der Waals surface area contributed by atoms with Gasteiger partial charge in [-0.2, -0.15) is 0 Å². The first kappa shape index (κ1) is 23.0. The summed E-state index contributed by atoms with van der Waals surface area (Å²) in [5.41, 5.74) is 6.13. The second-order valence-electron chi connectivity index (χ2n) is 8.56. The van der Waals surface area contributed by atoms with Gasteiger partial charge in [-0.1, -0.05) is 90.9 Å². The fourth-order valence-corrected chi connectivity index (χ4v) is 4.38. The van der Waals surface area contributed by atoms with Crippen LogP contribution in [0.5, 0.6) is 0 Å². The Morgan fingerprint density at radius 3 is 1.88 bits per heavy atom. The first-order valence-corrected chi connectivity index (χ1v) is 11.8. The van der Waals surface area contributed by atoms with Crippen molar-refractivity contribution in [3.8, 4) is 0 Å². The van der Waals surface area contributed by atoms with Crippen LogP contribution in [0.4, 0.5) is 0 Å². The lowest BCUT2D eigenvalue weighted by atomic mass is 9.98. The monoisotopic (exact) mass is 352 g/mol. The number of hydrogen-bond acceptors (Lipinski definition) is 2. The van der Waals surface area contributed by atoms with Crippen molar-refractivity contribution in [1.82, 2.24) is 5.32 Å². The minimum absolute atomic E-state index is 0.442. The lowest BCUT2D eigenvalue weighted by Crippen LogP contribution is -2.38. The van der Waals surface area contributed by atoms with Gasteiger partial charge in [-0.15, -0.1) is 0 Å². The Labute approximate surface area is 159 Å². The van der Waals surface area contributed by atoms with Crippen LogP contribution in [0.3, 0.4) is 0 Å². The van der Waals surface area contributed by atoms with Crippen LogP contribution in [0, 0.1) is 0 Å². The van der Waals surface area contributed by atoms with Crippen molar-refractivity contribution < 1.29 is 0 Å². The number of unbranched alkanes of at least 4 members (excludes halogenated alkanes) is 2. The van der Waals surface area contributed by atoms with Crippen LogP contribution in [0.1, 0.15) is 129 Å². The van der Waals surface area contributed by atoms with Gasteiger partial charge in [-0.3, -0.25) is 0 Å². The van der Waals surface area contributed by atoms with Crippen molar-refractivity contribution in [3.63, 3.8) is 0 Å². The van der Waals surface area contributed by atoms with Crippen LogP contribution in [0.25, 0.3) is 0 Å². The Kier molecular flexibility index (Phi) is 14.8. The van der Waals surface area contributed by atoms with Crippen LogP contribution in [-0.4, -0.2) is 18.1 Å². The van der Waals surface area contributed by atoms with Crippen molar-refractivity contribution >= 4 is 0 Å². The number of nitrogens with one attached hydrogen (secondary N) is 1. The third-order valence-electron chi connectivity index (χ3n) is 6.11. The molecule has 2 nitrogen and oxygen atoms in total. The molecule has 0 amide bonds. The fraction of sp³-hybridized carbons (Fsp3) is 1.00. The molecule has 0 aromatic carbocycles. The predicted molar refractivity (Wildman–Crippen MR) is 113 cm³/mol. The third-order valence-corrected chi connectivity index (χ3v) is 6.11. The molecule has 2 atom stereocenters. The van der Waals surface area contributed by atoms with E-state index in [1.807, 2.05) is 0 Å². The van der Waals surface area contributed by atoms with E-state index < -0.39 is 0 Å². The van der Waals surface area contributed by atoms with Gasteiger partial charge in [0.15, 0.2) is 0 Å². The normalized spacial score (nSPS) is 20.8. The smallest absolute Gasteiger partial charge is 0.00696 e. The fourth-order valence-electron chi connectivity index (χ4n) is 4.38. The second kappa shape index (κ2) is 16.1. The Hall–Kier alpha value is -0.0800. The largest absolute Gasteiger partial charge is 0.328 e. The maximum Gasteiger partial charge on any atom is 0.00696 e. The zero-order chi connectivity index (χ0) is 18.2. The lowest BCUT2D eigenvalue weighted by molar-refractivity contribution is 0.344. The molecule has 150 valence electrons. The predicted octanol–water partition coefficient (Wildman–Crippen LogP) is 6.72. The molecule has 1 aliphatic carbocycles. The molecule has 0 aliphatic heterocycles. The molecule has 0 heterocycles. The minimum atomic E-state index is 0.442. The summed E-state index contributed by atoms with van der Waals surface area (Å²) in [6, 6.07) is 1.96. The summed E-state index contributed by atoms with van der Waals surface area (Å²) in [6.45, 7) is 4.60. The molecule has 0 aromatic heterocycles. The molecular formula is C23H48N2. The van der Waals surface area contributed by atoms with Crippen molar-refractivity contribution in [3.05, 3.63) is 0 Å². The van der Waals surface area contributed by atoms with Crippen molar-refractivity contribution in [2.24, 2.45) is 5.73 Å². The Bertz CT molecular complexity index is 267. The highest BCUT2D eigenvalue weighted by molar-refractivity contribution is 4.75. The van der Waals surface area contributed by atoms with Gasteiger partial charge in [0.1, 0.15) is 0 Å². The van der Waals surface area contributed by atoms with E-state index in [9.17, 15) is 0 Å². The lowest BCUT2D eigenvalue weighted by Gasteiger charge is -2.25. The standard InChI is InChI=1S/C23H48N2/c1-3-16-21(24)17-12-11-15-18-22(4-2)25-23-19-13-9-7-5-6-8-10-14-20-23/h21-23,25H,3-20,24H2,1-2H3. The van der Waals surface area contributed by atoms with Crippen LogP contribution in [0.2, 0.25) is 0 Å². The van der Waals surface area contributed by atoms with Crippen LogP contribution < -0.4 is 11.1 Å². The van der Waals surface area contributed by atoms with E-state index in [-0.39, 0.29) is 0 Å².